The van der Waals surface area contributed by atoms with Gasteiger partial charge in [-0.1, -0.05) is 47.5 Å². The SMILES string of the molecule is COC(=O)C1(OC)C=CC(c2cccc(-c3ccc(Cl)nc3CN3C(=O)O[C@H](c4cc(C(F)(F)F)cc(C(F)(F)F)c4)[C@@H]3C)c2)C(C)=C1. The molecule has 48 heavy (non-hydrogen) atoms. The van der Waals surface area contributed by atoms with Crippen molar-refractivity contribution in [1.82, 2.24) is 9.88 Å². The zero-order valence-electron chi connectivity index (χ0n) is 25.9. The van der Waals surface area contributed by atoms with Gasteiger partial charge in [0.2, 0.25) is 5.60 Å². The molecule has 0 saturated carbocycles. The summed E-state index contributed by atoms with van der Waals surface area (Å²) < 4.78 is 96.9. The van der Waals surface area contributed by atoms with Gasteiger partial charge < -0.3 is 14.2 Å². The van der Waals surface area contributed by atoms with E-state index in [0.29, 0.717) is 29.0 Å². The van der Waals surface area contributed by atoms with Gasteiger partial charge in [0.05, 0.1) is 36.5 Å². The van der Waals surface area contributed by atoms with E-state index >= 15 is 0 Å². The second-order valence-corrected chi connectivity index (χ2v) is 11.9. The molecular formula is C34H29ClF6N2O5. The Morgan fingerprint density at radius 3 is 2.25 bits per heavy atom. The Bertz CT molecular complexity index is 1770. The molecule has 1 fully saturated rings. The largest absolute Gasteiger partial charge is 0.466 e. The molecule has 2 aliphatic rings. The Morgan fingerprint density at radius 1 is 1.00 bits per heavy atom. The zero-order chi connectivity index (χ0) is 35.2. The number of hydrogen-bond acceptors (Lipinski definition) is 6. The lowest BCUT2D eigenvalue weighted by Crippen LogP contribution is -2.39. The van der Waals surface area contributed by atoms with Gasteiger partial charge in [-0.15, -0.1) is 0 Å². The first kappa shape index (κ1) is 35.0. The first-order valence-corrected chi connectivity index (χ1v) is 14.9. The van der Waals surface area contributed by atoms with Crippen LogP contribution in [0, 0.1) is 0 Å². The number of alkyl halides is 6. The number of cyclic esters (lactones) is 1. The zero-order valence-corrected chi connectivity index (χ0v) is 26.7. The average Bonchev–Trinajstić information content (AvgIpc) is 3.31. The van der Waals surface area contributed by atoms with Gasteiger partial charge in [0.15, 0.2) is 0 Å². The fourth-order valence-corrected chi connectivity index (χ4v) is 6.12. The molecule has 1 amide bonds. The van der Waals surface area contributed by atoms with E-state index < -0.39 is 58.9 Å². The Labute approximate surface area is 276 Å². The topological polar surface area (TPSA) is 78.0 Å². The molecule has 254 valence electrons. The van der Waals surface area contributed by atoms with Gasteiger partial charge >= 0.3 is 24.4 Å². The maximum Gasteiger partial charge on any atom is 0.416 e. The number of carbonyl (C=O) groups is 2. The predicted octanol–water partition coefficient (Wildman–Crippen LogP) is 8.68. The van der Waals surface area contributed by atoms with E-state index in [9.17, 15) is 35.9 Å². The van der Waals surface area contributed by atoms with Crippen molar-refractivity contribution in [2.45, 2.75) is 56.4 Å². The number of carbonyl (C=O) groups excluding carboxylic acids is 2. The minimum atomic E-state index is -5.06. The van der Waals surface area contributed by atoms with Gasteiger partial charge in [0.25, 0.3) is 0 Å². The summed E-state index contributed by atoms with van der Waals surface area (Å²) in [7, 11) is 2.67. The minimum absolute atomic E-state index is 0.0203. The lowest BCUT2D eigenvalue weighted by Gasteiger charge is -2.30. The lowest BCUT2D eigenvalue weighted by atomic mass is 9.82. The summed E-state index contributed by atoms with van der Waals surface area (Å²) in [6, 6.07) is 10.8. The van der Waals surface area contributed by atoms with Gasteiger partial charge in [0.1, 0.15) is 11.3 Å². The van der Waals surface area contributed by atoms with Crippen LogP contribution in [0.1, 0.15) is 53.8 Å². The minimum Gasteiger partial charge on any atom is -0.466 e. The van der Waals surface area contributed by atoms with Gasteiger partial charge in [-0.05, 0) is 73.0 Å². The van der Waals surface area contributed by atoms with Crippen LogP contribution in [0.25, 0.3) is 11.1 Å². The summed E-state index contributed by atoms with van der Waals surface area (Å²) >= 11 is 6.23. The predicted molar refractivity (Wildman–Crippen MR) is 163 cm³/mol. The fraction of sp³-hybridized carbons (Fsp3) is 0.324. The number of aromatic nitrogens is 1. The summed E-state index contributed by atoms with van der Waals surface area (Å²) in [6.45, 7) is 3.11. The van der Waals surface area contributed by atoms with Crippen LogP contribution in [0.4, 0.5) is 31.1 Å². The third kappa shape index (κ3) is 6.79. The molecule has 1 aliphatic heterocycles. The molecule has 5 rings (SSSR count). The normalized spacial score (nSPS) is 22.8. The number of allylic oxidation sites excluding steroid dienone is 2. The van der Waals surface area contributed by atoms with E-state index in [1.54, 1.807) is 24.3 Å². The standard InChI is InChI=1S/C34H29ClF6N2O5/c1-18-16-32(47-4,30(44)46-3)11-10-25(18)20-6-5-7-21(12-20)26-8-9-28(35)42-27(26)17-43-19(2)29(48-31(43)45)22-13-23(33(36,37)38)15-24(14-22)34(39,40)41/h5-16,19,25,29H,17H2,1-4H3/t19-,25?,29-,32?/m0/s1. The second-order valence-electron chi connectivity index (χ2n) is 11.5. The Balaban J connectivity index is 1.46. The number of ether oxygens (including phenoxy) is 3. The van der Waals surface area contributed by atoms with Crippen molar-refractivity contribution in [1.29, 1.82) is 0 Å². The van der Waals surface area contributed by atoms with Crippen LogP contribution in [-0.2, 0) is 37.9 Å². The van der Waals surface area contributed by atoms with E-state index in [1.807, 2.05) is 37.3 Å². The van der Waals surface area contributed by atoms with Crippen molar-refractivity contribution < 1.29 is 50.1 Å². The average molecular weight is 695 g/mol. The van der Waals surface area contributed by atoms with Crippen molar-refractivity contribution in [3.63, 3.8) is 0 Å². The van der Waals surface area contributed by atoms with Crippen molar-refractivity contribution in [2.24, 2.45) is 0 Å². The van der Waals surface area contributed by atoms with E-state index in [4.69, 9.17) is 25.8 Å². The first-order chi connectivity index (χ1) is 22.5. The second kappa shape index (κ2) is 12.9. The van der Waals surface area contributed by atoms with Crippen LogP contribution in [0.5, 0.6) is 0 Å². The molecule has 14 heteroatoms. The molecule has 1 saturated heterocycles. The smallest absolute Gasteiger partial charge is 0.416 e. The van der Waals surface area contributed by atoms with E-state index in [0.717, 1.165) is 11.1 Å². The molecule has 0 spiro atoms. The highest BCUT2D eigenvalue weighted by atomic mass is 35.5. The third-order valence-electron chi connectivity index (χ3n) is 8.46. The van der Waals surface area contributed by atoms with Crippen molar-refractivity contribution in [3.05, 3.63) is 111 Å². The van der Waals surface area contributed by atoms with Crippen molar-refractivity contribution >= 4 is 23.7 Å². The van der Waals surface area contributed by atoms with Crippen molar-refractivity contribution in [2.75, 3.05) is 14.2 Å². The molecule has 0 N–H and O–H groups in total. The molecule has 2 unspecified atom stereocenters. The summed E-state index contributed by atoms with van der Waals surface area (Å²) in [6.07, 6.45) is -7.36. The molecule has 2 heterocycles. The molecular weight excluding hydrogens is 666 g/mol. The van der Waals surface area contributed by atoms with E-state index in [2.05, 4.69) is 4.98 Å². The van der Waals surface area contributed by atoms with E-state index in [-0.39, 0.29) is 23.7 Å². The number of rotatable bonds is 7. The molecule has 0 bridgehead atoms. The van der Waals surface area contributed by atoms with Crippen LogP contribution < -0.4 is 0 Å². The van der Waals surface area contributed by atoms with Gasteiger partial charge in [0, 0.05) is 18.6 Å². The summed E-state index contributed by atoms with van der Waals surface area (Å²) in [4.78, 5) is 31.1. The van der Waals surface area contributed by atoms with Crippen molar-refractivity contribution in [3.8, 4) is 11.1 Å². The summed E-state index contributed by atoms with van der Waals surface area (Å²) in [5, 5.41) is 0.0991. The number of hydrogen-bond donors (Lipinski definition) is 0. The number of nitrogens with zero attached hydrogens (tertiary/aromatic N) is 2. The highest BCUT2D eigenvalue weighted by Gasteiger charge is 2.44. The highest BCUT2D eigenvalue weighted by molar-refractivity contribution is 6.29. The molecule has 3 aromatic rings. The number of methoxy groups -OCH3 is 2. The van der Waals surface area contributed by atoms with Crippen LogP contribution in [0.3, 0.4) is 0 Å². The number of benzene rings is 2. The molecule has 4 atom stereocenters. The van der Waals surface area contributed by atoms with Gasteiger partial charge in [-0.3, -0.25) is 4.90 Å². The molecule has 0 radical (unpaired) electrons. The van der Waals surface area contributed by atoms with Crippen LogP contribution >= 0.6 is 11.6 Å². The Hall–Kier alpha value is -4.36. The Kier molecular flexibility index (Phi) is 9.41. The molecule has 2 aromatic carbocycles. The quantitative estimate of drug-likeness (QED) is 0.107. The van der Waals surface area contributed by atoms with Crippen LogP contribution in [-0.4, -0.2) is 47.8 Å². The van der Waals surface area contributed by atoms with E-state index in [1.165, 1.54) is 26.0 Å². The van der Waals surface area contributed by atoms with Gasteiger partial charge in [-0.2, -0.15) is 26.3 Å². The van der Waals surface area contributed by atoms with Crippen LogP contribution in [0.15, 0.2) is 78.4 Å². The number of amides is 1. The van der Waals surface area contributed by atoms with Gasteiger partial charge in [-0.25, -0.2) is 14.6 Å². The molecule has 7 nitrogen and oxygen atoms in total. The highest BCUT2D eigenvalue weighted by Crippen LogP contribution is 2.42. The summed E-state index contributed by atoms with van der Waals surface area (Å²) in [5.41, 5.74) is -1.57. The number of esters is 1. The monoisotopic (exact) mass is 694 g/mol. The maximum absolute atomic E-state index is 13.5. The first-order valence-electron chi connectivity index (χ1n) is 14.5. The maximum atomic E-state index is 13.5. The molecule has 1 aromatic heterocycles. The van der Waals surface area contributed by atoms with Crippen LogP contribution in [0.2, 0.25) is 5.15 Å². The third-order valence-corrected chi connectivity index (χ3v) is 8.67. The number of pyridine rings is 1. The fourth-order valence-electron chi connectivity index (χ4n) is 5.96. The number of halogens is 7. The lowest BCUT2D eigenvalue weighted by molar-refractivity contribution is -0.155. The molecule has 1 aliphatic carbocycles. The Morgan fingerprint density at radius 2 is 1.67 bits per heavy atom. The summed E-state index contributed by atoms with van der Waals surface area (Å²) in [5.74, 6) is -0.805.